The predicted molar refractivity (Wildman–Crippen MR) is 71.9 cm³/mol. The fraction of sp³-hybridized carbons (Fsp3) is 0.0667. The topological polar surface area (TPSA) is 83.6 Å². The van der Waals surface area contributed by atoms with Gasteiger partial charge in [0.1, 0.15) is 16.8 Å². The van der Waals surface area contributed by atoms with Gasteiger partial charge in [-0.3, -0.25) is 0 Å². The summed E-state index contributed by atoms with van der Waals surface area (Å²) in [5, 5.41) is 19.0. The normalized spacial score (nSPS) is 10.8. The summed E-state index contributed by atoms with van der Waals surface area (Å²) in [6, 6.07) is 10.2. The highest BCUT2D eigenvalue weighted by Gasteiger charge is 2.13. The third-order valence-electron chi connectivity index (χ3n) is 3.14. The first kappa shape index (κ1) is 12.2. The Hall–Kier alpha value is -2.82. The summed E-state index contributed by atoms with van der Waals surface area (Å²) >= 11 is 0. The molecule has 0 unspecified atom stereocenters. The van der Waals surface area contributed by atoms with Crippen LogP contribution in [0.3, 0.4) is 0 Å². The molecular formula is C15H11NO4. The van der Waals surface area contributed by atoms with E-state index < -0.39 is 5.97 Å². The van der Waals surface area contributed by atoms with Crippen molar-refractivity contribution in [3.05, 3.63) is 59.5 Å². The SMILES string of the molecule is O=C(O)c1cccc(Cc2ccc3ocnc3c2)c1O. The summed E-state index contributed by atoms with van der Waals surface area (Å²) in [6.45, 7) is 0. The molecule has 3 aromatic rings. The number of nitrogens with zero attached hydrogens (tertiary/aromatic N) is 1. The molecule has 0 bridgehead atoms. The van der Waals surface area contributed by atoms with Crippen LogP contribution in [-0.2, 0) is 6.42 Å². The number of benzene rings is 2. The second-order valence-corrected chi connectivity index (χ2v) is 4.45. The van der Waals surface area contributed by atoms with E-state index in [0.717, 1.165) is 11.1 Å². The van der Waals surface area contributed by atoms with Gasteiger partial charge >= 0.3 is 5.97 Å². The molecule has 100 valence electrons. The molecule has 2 aromatic carbocycles. The van der Waals surface area contributed by atoms with E-state index in [0.29, 0.717) is 17.6 Å². The molecule has 5 heteroatoms. The number of oxazole rings is 1. The van der Waals surface area contributed by atoms with Crippen molar-refractivity contribution in [1.29, 1.82) is 0 Å². The molecule has 0 atom stereocenters. The zero-order valence-corrected chi connectivity index (χ0v) is 10.4. The minimum absolute atomic E-state index is 0.0926. The number of carbonyl (C=O) groups is 1. The van der Waals surface area contributed by atoms with Gasteiger partial charge in [-0.15, -0.1) is 0 Å². The van der Waals surface area contributed by atoms with Crippen molar-refractivity contribution in [2.24, 2.45) is 0 Å². The zero-order chi connectivity index (χ0) is 14.1. The first-order valence-electron chi connectivity index (χ1n) is 6.01. The van der Waals surface area contributed by atoms with Crippen LogP contribution in [0.15, 0.2) is 47.2 Å². The van der Waals surface area contributed by atoms with E-state index >= 15 is 0 Å². The lowest BCUT2D eigenvalue weighted by Gasteiger charge is -2.07. The van der Waals surface area contributed by atoms with Crippen molar-refractivity contribution in [2.45, 2.75) is 6.42 Å². The quantitative estimate of drug-likeness (QED) is 0.763. The molecule has 5 nitrogen and oxygen atoms in total. The lowest BCUT2D eigenvalue weighted by molar-refractivity contribution is 0.0693. The van der Waals surface area contributed by atoms with Crippen LogP contribution in [0.1, 0.15) is 21.5 Å². The molecule has 0 fully saturated rings. The van der Waals surface area contributed by atoms with Crippen LogP contribution in [0, 0.1) is 0 Å². The molecule has 1 heterocycles. The Balaban J connectivity index is 1.98. The van der Waals surface area contributed by atoms with Crippen LogP contribution < -0.4 is 0 Å². The zero-order valence-electron chi connectivity index (χ0n) is 10.4. The van der Waals surface area contributed by atoms with E-state index in [1.807, 2.05) is 12.1 Å². The molecule has 0 radical (unpaired) electrons. The monoisotopic (exact) mass is 269 g/mol. The fourth-order valence-corrected chi connectivity index (χ4v) is 2.14. The second-order valence-electron chi connectivity index (χ2n) is 4.45. The molecule has 20 heavy (non-hydrogen) atoms. The maximum Gasteiger partial charge on any atom is 0.339 e. The van der Waals surface area contributed by atoms with Crippen LogP contribution in [0.25, 0.3) is 11.1 Å². The van der Waals surface area contributed by atoms with Crippen molar-refractivity contribution in [2.75, 3.05) is 0 Å². The molecule has 0 aliphatic rings. The van der Waals surface area contributed by atoms with Gasteiger partial charge in [0.05, 0.1) is 0 Å². The van der Waals surface area contributed by atoms with Gasteiger partial charge in [-0.1, -0.05) is 18.2 Å². The van der Waals surface area contributed by atoms with Crippen molar-refractivity contribution in [3.8, 4) is 5.75 Å². The van der Waals surface area contributed by atoms with Gasteiger partial charge in [0, 0.05) is 6.42 Å². The fourth-order valence-electron chi connectivity index (χ4n) is 2.14. The van der Waals surface area contributed by atoms with Crippen LogP contribution in [0.4, 0.5) is 0 Å². The van der Waals surface area contributed by atoms with E-state index in [2.05, 4.69) is 4.98 Å². The average Bonchev–Trinajstić information content (AvgIpc) is 2.88. The molecule has 0 saturated carbocycles. The largest absolute Gasteiger partial charge is 0.507 e. The number of aromatic carboxylic acids is 1. The van der Waals surface area contributed by atoms with E-state index in [1.165, 1.54) is 12.5 Å². The van der Waals surface area contributed by atoms with Crippen molar-refractivity contribution in [1.82, 2.24) is 4.98 Å². The predicted octanol–water partition coefficient (Wildman–Crippen LogP) is 2.82. The molecule has 0 amide bonds. The van der Waals surface area contributed by atoms with Gasteiger partial charge < -0.3 is 14.6 Å². The molecule has 2 N–H and O–H groups in total. The Morgan fingerprint density at radius 2 is 2.10 bits per heavy atom. The van der Waals surface area contributed by atoms with Gasteiger partial charge in [-0.25, -0.2) is 9.78 Å². The van der Waals surface area contributed by atoms with Crippen molar-refractivity contribution in [3.63, 3.8) is 0 Å². The second kappa shape index (κ2) is 4.70. The highest BCUT2D eigenvalue weighted by Crippen LogP contribution is 2.26. The van der Waals surface area contributed by atoms with E-state index in [-0.39, 0.29) is 11.3 Å². The summed E-state index contributed by atoms with van der Waals surface area (Å²) in [6.07, 6.45) is 1.80. The van der Waals surface area contributed by atoms with Gasteiger partial charge in [-0.2, -0.15) is 0 Å². The number of rotatable bonds is 3. The first-order chi connectivity index (χ1) is 9.65. The number of carboxylic acid groups (broad SMARTS) is 1. The molecule has 3 rings (SSSR count). The highest BCUT2D eigenvalue weighted by atomic mass is 16.4. The van der Waals surface area contributed by atoms with Gasteiger partial charge in [0.2, 0.25) is 0 Å². The van der Waals surface area contributed by atoms with E-state index in [4.69, 9.17) is 9.52 Å². The third kappa shape index (κ3) is 2.09. The number of phenols is 1. The molecular weight excluding hydrogens is 258 g/mol. The smallest absolute Gasteiger partial charge is 0.339 e. The van der Waals surface area contributed by atoms with Crippen molar-refractivity contribution >= 4 is 17.1 Å². The van der Waals surface area contributed by atoms with Gasteiger partial charge in [0.15, 0.2) is 12.0 Å². The highest BCUT2D eigenvalue weighted by molar-refractivity contribution is 5.91. The minimum atomic E-state index is -1.14. The summed E-state index contributed by atoms with van der Waals surface area (Å²) < 4.78 is 5.16. The lowest BCUT2D eigenvalue weighted by Crippen LogP contribution is -1.99. The number of hydrogen-bond donors (Lipinski definition) is 2. The molecule has 1 aromatic heterocycles. The first-order valence-corrected chi connectivity index (χ1v) is 6.01. The average molecular weight is 269 g/mol. The Bertz CT molecular complexity index is 791. The Morgan fingerprint density at radius 3 is 2.90 bits per heavy atom. The summed E-state index contributed by atoms with van der Waals surface area (Å²) in [4.78, 5) is 15.1. The molecule has 0 aliphatic carbocycles. The summed E-state index contributed by atoms with van der Waals surface area (Å²) in [7, 11) is 0. The number of para-hydroxylation sites is 1. The van der Waals surface area contributed by atoms with Crippen LogP contribution in [0.2, 0.25) is 0 Å². The Labute approximate surface area is 114 Å². The van der Waals surface area contributed by atoms with Crippen LogP contribution in [0.5, 0.6) is 5.75 Å². The van der Waals surface area contributed by atoms with E-state index in [9.17, 15) is 9.90 Å². The van der Waals surface area contributed by atoms with Crippen LogP contribution in [-0.4, -0.2) is 21.2 Å². The Morgan fingerprint density at radius 1 is 1.25 bits per heavy atom. The number of carboxylic acids is 1. The summed E-state index contributed by atoms with van der Waals surface area (Å²) in [5.41, 5.74) is 2.82. The maximum absolute atomic E-state index is 11.0. The minimum Gasteiger partial charge on any atom is -0.507 e. The standard InChI is InChI=1S/C15H11NO4/c17-14-10(2-1-3-11(14)15(18)19)6-9-4-5-13-12(7-9)16-8-20-13/h1-5,7-8,17H,6H2,(H,18,19). The third-order valence-corrected chi connectivity index (χ3v) is 3.14. The van der Waals surface area contributed by atoms with Crippen molar-refractivity contribution < 1.29 is 19.4 Å². The number of aromatic nitrogens is 1. The molecule has 0 saturated heterocycles. The van der Waals surface area contributed by atoms with Gasteiger partial charge in [0.25, 0.3) is 0 Å². The number of hydrogen-bond acceptors (Lipinski definition) is 4. The van der Waals surface area contributed by atoms with E-state index in [1.54, 1.807) is 18.2 Å². The number of fused-ring (bicyclic) bond motifs is 1. The Kier molecular flexibility index (Phi) is 2.87. The number of aromatic hydroxyl groups is 1. The summed E-state index contributed by atoms with van der Waals surface area (Å²) in [5.74, 6) is -1.34. The maximum atomic E-state index is 11.0. The molecule has 0 aliphatic heterocycles. The lowest BCUT2D eigenvalue weighted by atomic mass is 10.0. The molecule has 0 spiro atoms. The van der Waals surface area contributed by atoms with Gasteiger partial charge in [-0.05, 0) is 29.3 Å². The van der Waals surface area contributed by atoms with Crippen LogP contribution >= 0.6 is 0 Å².